The smallest absolute Gasteiger partial charge is 0.245 e. The summed E-state index contributed by atoms with van der Waals surface area (Å²) >= 11 is 1.60. The molecule has 3 rings (SSSR count). The van der Waals surface area contributed by atoms with Crippen LogP contribution in [0.3, 0.4) is 0 Å². The van der Waals surface area contributed by atoms with E-state index in [0.717, 1.165) is 43.2 Å². The Balaban J connectivity index is 1.69. The van der Waals surface area contributed by atoms with E-state index in [1.54, 1.807) is 11.3 Å². The van der Waals surface area contributed by atoms with Crippen molar-refractivity contribution < 1.29 is 4.79 Å². The van der Waals surface area contributed by atoms with Crippen LogP contribution in [0.2, 0.25) is 0 Å². The summed E-state index contributed by atoms with van der Waals surface area (Å²) in [6.07, 6.45) is 3.38. The van der Waals surface area contributed by atoms with Crippen LogP contribution in [0.4, 0.5) is 0 Å². The van der Waals surface area contributed by atoms with Crippen LogP contribution in [-0.4, -0.2) is 60.5 Å². The number of likely N-dealkylation sites (tertiary alicyclic amines) is 1. The number of fused-ring (bicyclic) bond motifs is 1. The number of carbonyl (C=O) groups excluding carboxylic acids is 1. The van der Waals surface area contributed by atoms with E-state index in [2.05, 4.69) is 27.0 Å². The summed E-state index contributed by atoms with van der Waals surface area (Å²) in [6, 6.07) is -0.212. The van der Waals surface area contributed by atoms with Gasteiger partial charge in [0.15, 0.2) is 0 Å². The van der Waals surface area contributed by atoms with Gasteiger partial charge in [0.2, 0.25) is 5.91 Å². The largest absolute Gasteiger partial charge is 0.340 e. The molecule has 1 N–H and O–H groups in total. The van der Waals surface area contributed by atoms with Gasteiger partial charge in [0, 0.05) is 26.1 Å². The lowest BCUT2D eigenvalue weighted by molar-refractivity contribution is -0.134. The molecular weight excluding hydrogens is 296 g/mol. The second kappa shape index (κ2) is 7.06. The molecular formula is C16H26N4OS. The normalized spacial score (nSPS) is 26.8. The first kappa shape index (κ1) is 15.9. The van der Waals surface area contributed by atoms with Crippen molar-refractivity contribution in [2.45, 2.75) is 32.2 Å². The van der Waals surface area contributed by atoms with Crippen LogP contribution in [0.1, 0.15) is 36.4 Å². The van der Waals surface area contributed by atoms with Crippen molar-refractivity contribution in [3.8, 4) is 0 Å². The third-order valence-electron chi connectivity index (χ3n) is 4.93. The number of likely N-dealkylation sites (N-methyl/N-ethyl adjacent to an activating group) is 1. The first-order valence-corrected chi connectivity index (χ1v) is 9.21. The number of carbonyl (C=O) groups is 1. The first-order chi connectivity index (χ1) is 10.7. The van der Waals surface area contributed by atoms with Gasteiger partial charge in [-0.05, 0) is 38.9 Å². The molecule has 2 unspecified atom stereocenters. The lowest BCUT2D eigenvalue weighted by atomic mass is 9.97. The molecule has 6 heteroatoms. The molecule has 3 heterocycles. The van der Waals surface area contributed by atoms with E-state index in [9.17, 15) is 4.79 Å². The Labute approximate surface area is 136 Å². The molecule has 1 aromatic heterocycles. The summed E-state index contributed by atoms with van der Waals surface area (Å²) in [6.45, 7) is 7.37. The van der Waals surface area contributed by atoms with E-state index in [1.165, 1.54) is 19.4 Å². The monoisotopic (exact) mass is 322 g/mol. The predicted octanol–water partition coefficient (Wildman–Crippen LogP) is 1.52. The summed E-state index contributed by atoms with van der Waals surface area (Å²) in [5.74, 6) is 0.832. The zero-order chi connectivity index (χ0) is 15.5. The molecule has 2 atom stereocenters. The number of aromatic nitrogens is 1. The van der Waals surface area contributed by atoms with Gasteiger partial charge >= 0.3 is 0 Å². The minimum atomic E-state index is -0.212. The summed E-state index contributed by atoms with van der Waals surface area (Å²) in [4.78, 5) is 23.0. The average molecular weight is 322 g/mol. The number of thiazole rings is 1. The van der Waals surface area contributed by atoms with Gasteiger partial charge in [0.25, 0.3) is 0 Å². The molecule has 5 nitrogen and oxygen atoms in total. The Bertz CT molecular complexity index is 518. The Morgan fingerprint density at radius 1 is 1.45 bits per heavy atom. The molecule has 1 aromatic rings. The third-order valence-corrected chi connectivity index (χ3v) is 5.87. The minimum absolute atomic E-state index is 0.212. The molecule has 122 valence electrons. The van der Waals surface area contributed by atoms with Crippen molar-refractivity contribution in [3.05, 3.63) is 16.1 Å². The Morgan fingerprint density at radius 3 is 3.09 bits per heavy atom. The van der Waals surface area contributed by atoms with Crippen molar-refractivity contribution in [2.24, 2.45) is 5.92 Å². The maximum absolute atomic E-state index is 12.9. The number of piperidine rings is 1. The number of hydrogen-bond donors (Lipinski definition) is 1. The van der Waals surface area contributed by atoms with Crippen molar-refractivity contribution in [1.29, 1.82) is 0 Å². The molecule has 1 saturated heterocycles. The van der Waals surface area contributed by atoms with Gasteiger partial charge in [-0.1, -0.05) is 6.92 Å². The fraction of sp³-hybridized carbons (Fsp3) is 0.750. The summed E-state index contributed by atoms with van der Waals surface area (Å²) in [5, 5.41) is 3.19. The summed E-state index contributed by atoms with van der Waals surface area (Å²) in [7, 11) is 1.87. The molecule has 0 bridgehead atoms. The van der Waals surface area contributed by atoms with Crippen molar-refractivity contribution in [1.82, 2.24) is 20.1 Å². The van der Waals surface area contributed by atoms with Crippen LogP contribution in [0, 0.1) is 5.92 Å². The lowest BCUT2D eigenvalue weighted by Crippen LogP contribution is -2.45. The van der Waals surface area contributed by atoms with E-state index >= 15 is 0 Å². The van der Waals surface area contributed by atoms with E-state index < -0.39 is 0 Å². The van der Waals surface area contributed by atoms with Crippen LogP contribution in [-0.2, 0) is 11.2 Å². The first-order valence-electron chi connectivity index (χ1n) is 8.33. The highest BCUT2D eigenvalue weighted by Crippen LogP contribution is 2.28. The van der Waals surface area contributed by atoms with Gasteiger partial charge in [-0.25, -0.2) is 4.98 Å². The summed E-state index contributed by atoms with van der Waals surface area (Å²) in [5.41, 5.74) is 2.96. The number of nitrogens with zero attached hydrogens (tertiary/aromatic N) is 3. The minimum Gasteiger partial charge on any atom is -0.340 e. The second-order valence-electron chi connectivity index (χ2n) is 6.32. The zero-order valence-corrected chi connectivity index (χ0v) is 14.4. The molecule has 0 radical (unpaired) electrons. The molecule has 0 aromatic carbocycles. The molecule has 1 amide bonds. The Kier molecular flexibility index (Phi) is 5.10. The molecule has 1 fully saturated rings. The third kappa shape index (κ3) is 3.19. The van der Waals surface area contributed by atoms with Gasteiger partial charge in [0.05, 0.1) is 16.1 Å². The number of hydrogen-bond acceptors (Lipinski definition) is 5. The molecule has 2 aliphatic heterocycles. The highest BCUT2D eigenvalue weighted by Gasteiger charge is 2.33. The van der Waals surface area contributed by atoms with E-state index in [4.69, 9.17) is 0 Å². The molecule has 0 spiro atoms. The van der Waals surface area contributed by atoms with Crippen LogP contribution >= 0.6 is 11.3 Å². The second-order valence-corrected chi connectivity index (χ2v) is 7.21. The van der Waals surface area contributed by atoms with E-state index in [-0.39, 0.29) is 11.9 Å². The van der Waals surface area contributed by atoms with Gasteiger partial charge in [-0.3, -0.25) is 4.79 Å². The molecule has 0 saturated carbocycles. The van der Waals surface area contributed by atoms with Gasteiger partial charge < -0.3 is 15.1 Å². The SMILES string of the molecule is CCN1CCCC(CN2CCc3ncsc3C(NC)C2=O)C1. The summed E-state index contributed by atoms with van der Waals surface area (Å²) < 4.78 is 0. The van der Waals surface area contributed by atoms with Gasteiger partial charge in [-0.2, -0.15) is 0 Å². The maximum atomic E-state index is 12.9. The average Bonchev–Trinajstić information content (AvgIpc) is 2.96. The fourth-order valence-corrected chi connectivity index (χ4v) is 4.62. The van der Waals surface area contributed by atoms with E-state index in [1.807, 2.05) is 12.6 Å². The fourth-order valence-electron chi connectivity index (χ4n) is 3.68. The van der Waals surface area contributed by atoms with Gasteiger partial charge in [-0.15, -0.1) is 11.3 Å². The van der Waals surface area contributed by atoms with Crippen LogP contribution in [0.15, 0.2) is 5.51 Å². The molecule has 0 aliphatic carbocycles. The molecule has 2 aliphatic rings. The van der Waals surface area contributed by atoms with Crippen LogP contribution in [0.25, 0.3) is 0 Å². The maximum Gasteiger partial charge on any atom is 0.245 e. The molecule has 22 heavy (non-hydrogen) atoms. The topological polar surface area (TPSA) is 48.5 Å². The highest BCUT2D eigenvalue weighted by atomic mass is 32.1. The number of amides is 1. The standard InChI is InChI=1S/C16H26N4OS/c1-3-19-7-4-5-12(9-19)10-20-8-6-13-15(22-11-18-13)14(17-2)16(20)21/h11-12,14,17H,3-10H2,1-2H3. The van der Waals surface area contributed by atoms with Crippen molar-refractivity contribution >= 4 is 17.2 Å². The predicted molar refractivity (Wildman–Crippen MR) is 89.0 cm³/mol. The highest BCUT2D eigenvalue weighted by molar-refractivity contribution is 7.10. The van der Waals surface area contributed by atoms with Crippen molar-refractivity contribution in [2.75, 3.05) is 39.8 Å². The number of rotatable bonds is 4. The van der Waals surface area contributed by atoms with Crippen LogP contribution in [0.5, 0.6) is 0 Å². The van der Waals surface area contributed by atoms with Crippen LogP contribution < -0.4 is 5.32 Å². The Hall–Kier alpha value is -0.980. The zero-order valence-electron chi connectivity index (χ0n) is 13.5. The van der Waals surface area contributed by atoms with Crippen molar-refractivity contribution in [3.63, 3.8) is 0 Å². The lowest BCUT2D eigenvalue weighted by Gasteiger charge is -2.35. The van der Waals surface area contributed by atoms with Gasteiger partial charge in [0.1, 0.15) is 6.04 Å². The Morgan fingerprint density at radius 2 is 2.32 bits per heavy atom. The van der Waals surface area contributed by atoms with E-state index in [0.29, 0.717) is 5.92 Å². The number of nitrogens with one attached hydrogen (secondary N) is 1. The quantitative estimate of drug-likeness (QED) is 0.913.